The Balaban J connectivity index is 1.70. The van der Waals surface area contributed by atoms with Gasteiger partial charge in [-0.3, -0.25) is 0 Å². The predicted molar refractivity (Wildman–Crippen MR) is 77.6 cm³/mol. The van der Waals surface area contributed by atoms with Gasteiger partial charge in [0.05, 0.1) is 5.69 Å². The van der Waals surface area contributed by atoms with Crippen molar-refractivity contribution in [1.29, 1.82) is 0 Å². The normalized spacial score (nSPS) is 19.5. The molecule has 100 valence electrons. The number of aryl methyl sites for hydroxylation is 1. The number of piperidine rings is 1. The van der Waals surface area contributed by atoms with E-state index in [0.29, 0.717) is 6.04 Å². The summed E-state index contributed by atoms with van der Waals surface area (Å²) in [6, 6.07) is 11.5. The molecule has 1 aliphatic heterocycles. The van der Waals surface area contributed by atoms with Gasteiger partial charge in [0.1, 0.15) is 0 Å². The van der Waals surface area contributed by atoms with E-state index >= 15 is 0 Å². The van der Waals surface area contributed by atoms with Crippen molar-refractivity contribution in [3.63, 3.8) is 0 Å². The predicted octanol–water partition coefficient (Wildman–Crippen LogP) is 2.87. The lowest BCUT2D eigenvalue weighted by Crippen LogP contribution is -2.35. The molecule has 1 saturated heterocycles. The summed E-state index contributed by atoms with van der Waals surface area (Å²) in [4.78, 5) is 0. The summed E-state index contributed by atoms with van der Waals surface area (Å²) in [5.41, 5.74) is 3.72. The van der Waals surface area contributed by atoms with Crippen LogP contribution in [0.2, 0.25) is 0 Å². The zero-order valence-electron chi connectivity index (χ0n) is 11.5. The van der Waals surface area contributed by atoms with Crippen LogP contribution < -0.4 is 5.32 Å². The molecule has 1 N–H and O–H groups in total. The second-order valence-corrected chi connectivity index (χ2v) is 5.40. The van der Waals surface area contributed by atoms with Gasteiger partial charge in [0.2, 0.25) is 0 Å². The summed E-state index contributed by atoms with van der Waals surface area (Å²) >= 11 is 0. The van der Waals surface area contributed by atoms with Gasteiger partial charge in [-0.15, -0.1) is 0 Å². The van der Waals surface area contributed by atoms with E-state index in [2.05, 4.69) is 41.6 Å². The Morgan fingerprint density at radius 2 is 2.05 bits per heavy atom. The van der Waals surface area contributed by atoms with Crippen LogP contribution in [0.3, 0.4) is 0 Å². The second-order valence-electron chi connectivity index (χ2n) is 5.40. The minimum absolute atomic E-state index is 0.658. The Hall–Kier alpha value is -1.61. The molecule has 3 heteroatoms. The first-order valence-electron chi connectivity index (χ1n) is 7.16. The fourth-order valence-electron chi connectivity index (χ4n) is 2.80. The number of hydrogen-bond donors (Lipinski definition) is 1. The van der Waals surface area contributed by atoms with Gasteiger partial charge < -0.3 is 5.32 Å². The molecule has 2 aromatic rings. The van der Waals surface area contributed by atoms with Crippen molar-refractivity contribution in [2.45, 2.75) is 38.6 Å². The minimum Gasteiger partial charge on any atom is -0.314 e. The van der Waals surface area contributed by atoms with Crippen LogP contribution in [0.4, 0.5) is 0 Å². The van der Waals surface area contributed by atoms with Crippen LogP contribution in [-0.2, 0) is 6.42 Å². The van der Waals surface area contributed by atoms with E-state index in [4.69, 9.17) is 0 Å². The van der Waals surface area contributed by atoms with E-state index in [1.165, 1.54) is 37.1 Å². The molecule has 0 saturated carbocycles. The van der Waals surface area contributed by atoms with E-state index < -0.39 is 0 Å². The Kier molecular flexibility index (Phi) is 3.65. The summed E-state index contributed by atoms with van der Waals surface area (Å²) in [5.74, 6) is 0. The minimum atomic E-state index is 0.658. The lowest BCUT2D eigenvalue weighted by atomic mass is 9.98. The van der Waals surface area contributed by atoms with E-state index in [1.54, 1.807) is 0 Å². The van der Waals surface area contributed by atoms with Gasteiger partial charge in [-0.1, -0.05) is 18.6 Å². The van der Waals surface area contributed by atoms with E-state index in [1.807, 2.05) is 16.9 Å². The molecule has 0 radical (unpaired) electrons. The molecule has 1 aromatic carbocycles. The molecule has 1 aromatic heterocycles. The van der Waals surface area contributed by atoms with Crippen LogP contribution in [0.5, 0.6) is 0 Å². The molecule has 0 amide bonds. The van der Waals surface area contributed by atoms with E-state index in [0.717, 1.165) is 12.1 Å². The van der Waals surface area contributed by atoms with Gasteiger partial charge in [0, 0.05) is 17.9 Å². The highest BCUT2D eigenvalue weighted by Crippen LogP contribution is 2.15. The highest BCUT2D eigenvalue weighted by atomic mass is 15.3. The quantitative estimate of drug-likeness (QED) is 0.914. The highest BCUT2D eigenvalue weighted by Gasteiger charge is 2.12. The molecule has 0 spiro atoms. The molecule has 19 heavy (non-hydrogen) atoms. The standard InChI is InChI=1S/C16H21N3/c1-13-9-11-18-19(13)16-7-5-14(6-8-16)12-15-4-2-3-10-17-15/h5-9,11,15,17H,2-4,10,12H2,1H3. The number of hydrogen-bond acceptors (Lipinski definition) is 2. The average Bonchev–Trinajstić information content (AvgIpc) is 2.87. The largest absolute Gasteiger partial charge is 0.314 e. The highest BCUT2D eigenvalue weighted by molar-refractivity contribution is 5.35. The molecule has 2 heterocycles. The maximum Gasteiger partial charge on any atom is 0.0648 e. The molecule has 1 atom stereocenters. The SMILES string of the molecule is Cc1ccnn1-c1ccc(CC2CCCCN2)cc1. The summed E-state index contributed by atoms with van der Waals surface area (Å²) in [7, 11) is 0. The Morgan fingerprint density at radius 1 is 1.21 bits per heavy atom. The van der Waals surface area contributed by atoms with Crippen molar-refractivity contribution < 1.29 is 0 Å². The third kappa shape index (κ3) is 2.87. The molecule has 0 bridgehead atoms. The van der Waals surface area contributed by atoms with Gasteiger partial charge in [-0.05, 0) is 56.5 Å². The van der Waals surface area contributed by atoms with Crippen molar-refractivity contribution in [3.05, 3.63) is 47.8 Å². The van der Waals surface area contributed by atoms with Crippen LogP contribution in [0.15, 0.2) is 36.5 Å². The first-order chi connectivity index (χ1) is 9.33. The van der Waals surface area contributed by atoms with Crippen molar-refractivity contribution in [2.75, 3.05) is 6.54 Å². The van der Waals surface area contributed by atoms with Gasteiger partial charge in [-0.25, -0.2) is 4.68 Å². The van der Waals surface area contributed by atoms with Crippen molar-refractivity contribution in [1.82, 2.24) is 15.1 Å². The zero-order chi connectivity index (χ0) is 13.1. The fraction of sp³-hybridized carbons (Fsp3) is 0.438. The number of nitrogens with zero attached hydrogens (tertiary/aromatic N) is 2. The molecule has 1 unspecified atom stereocenters. The zero-order valence-corrected chi connectivity index (χ0v) is 11.5. The average molecular weight is 255 g/mol. The second kappa shape index (κ2) is 5.57. The number of benzene rings is 1. The summed E-state index contributed by atoms with van der Waals surface area (Å²) in [5, 5.41) is 7.94. The molecule has 3 nitrogen and oxygen atoms in total. The lowest BCUT2D eigenvalue weighted by molar-refractivity contribution is 0.399. The van der Waals surface area contributed by atoms with Gasteiger partial charge in [0.25, 0.3) is 0 Å². The number of nitrogens with one attached hydrogen (secondary N) is 1. The van der Waals surface area contributed by atoms with Crippen LogP contribution in [0, 0.1) is 6.92 Å². The first kappa shape index (κ1) is 12.4. The smallest absolute Gasteiger partial charge is 0.0648 e. The Labute approximate surface area is 114 Å². The Bertz CT molecular complexity index is 521. The molecule has 1 fully saturated rings. The lowest BCUT2D eigenvalue weighted by Gasteiger charge is -2.23. The summed E-state index contributed by atoms with van der Waals surface area (Å²) in [6.45, 7) is 3.25. The number of rotatable bonds is 3. The third-order valence-corrected chi connectivity index (χ3v) is 3.91. The van der Waals surface area contributed by atoms with E-state index in [9.17, 15) is 0 Å². The third-order valence-electron chi connectivity index (χ3n) is 3.91. The Morgan fingerprint density at radius 3 is 2.68 bits per heavy atom. The van der Waals surface area contributed by atoms with Crippen LogP contribution in [0.25, 0.3) is 5.69 Å². The monoisotopic (exact) mass is 255 g/mol. The van der Waals surface area contributed by atoms with Gasteiger partial charge >= 0.3 is 0 Å². The maximum absolute atomic E-state index is 4.34. The van der Waals surface area contributed by atoms with Crippen LogP contribution >= 0.6 is 0 Å². The number of aromatic nitrogens is 2. The summed E-state index contributed by atoms with van der Waals surface area (Å²) < 4.78 is 1.97. The van der Waals surface area contributed by atoms with Crippen molar-refractivity contribution >= 4 is 0 Å². The topological polar surface area (TPSA) is 29.9 Å². The van der Waals surface area contributed by atoms with Crippen molar-refractivity contribution in [2.24, 2.45) is 0 Å². The molecule has 3 rings (SSSR count). The van der Waals surface area contributed by atoms with Gasteiger partial charge in [-0.2, -0.15) is 5.10 Å². The fourth-order valence-corrected chi connectivity index (χ4v) is 2.80. The molecular formula is C16H21N3. The van der Waals surface area contributed by atoms with Crippen molar-refractivity contribution in [3.8, 4) is 5.69 Å². The van der Waals surface area contributed by atoms with Gasteiger partial charge in [0.15, 0.2) is 0 Å². The maximum atomic E-state index is 4.34. The first-order valence-corrected chi connectivity index (χ1v) is 7.16. The molecule has 0 aliphatic carbocycles. The van der Waals surface area contributed by atoms with Crippen LogP contribution in [-0.4, -0.2) is 22.4 Å². The summed E-state index contributed by atoms with van der Waals surface area (Å²) in [6.07, 6.45) is 6.98. The molecular weight excluding hydrogens is 234 g/mol. The molecule has 1 aliphatic rings. The van der Waals surface area contributed by atoms with E-state index in [-0.39, 0.29) is 0 Å². The van der Waals surface area contributed by atoms with Crippen LogP contribution in [0.1, 0.15) is 30.5 Å².